The van der Waals surface area contributed by atoms with Crippen LogP contribution in [0.4, 0.5) is 0 Å². The van der Waals surface area contributed by atoms with Gasteiger partial charge in [0.05, 0.1) is 0 Å². The molecule has 0 heterocycles. The van der Waals surface area contributed by atoms with E-state index in [0.717, 1.165) is 12.8 Å². The molecule has 0 spiro atoms. The first-order chi connectivity index (χ1) is 12.9. The molecule has 0 aromatic carbocycles. The predicted molar refractivity (Wildman–Crippen MR) is 126 cm³/mol. The summed E-state index contributed by atoms with van der Waals surface area (Å²) in [6.45, 7) is 9.29. The van der Waals surface area contributed by atoms with Crippen LogP contribution in [-0.4, -0.2) is 37.2 Å². The molecule has 4 heteroatoms. The summed E-state index contributed by atoms with van der Waals surface area (Å²) >= 11 is 7.44. The van der Waals surface area contributed by atoms with E-state index in [1.807, 2.05) is 6.92 Å². The Hall–Kier alpha value is -0.0700. The number of rotatable bonds is 18. The molecule has 0 radical (unpaired) electrons. The molecule has 0 rings (SSSR count). The van der Waals surface area contributed by atoms with E-state index in [4.69, 9.17) is 16.0 Å². The van der Waals surface area contributed by atoms with E-state index in [0.29, 0.717) is 6.61 Å². The average molecular weight is 421 g/mol. The van der Waals surface area contributed by atoms with Crippen LogP contribution < -0.4 is 0 Å². The summed E-state index contributed by atoms with van der Waals surface area (Å²) in [5.41, 5.74) is 0. The maximum absolute atomic E-state index is 11.2. The summed E-state index contributed by atoms with van der Waals surface area (Å²) < 4.78 is 5.11. The quantitative estimate of drug-likeness (QED) is 0.0966. The van der Waals surface area contributed by atoms with Gasteiger partial charge in [-0.25, -0.2) is 4.79 Å². The fraction of sp³-hybridized carbons (Fsp3) is 0.870. The van der Waals surface area contributed by atoms with E-state index in [9.17, 15) is 4.79 Å². The summed E-state index contributed by atoms with van der Waals surface area (Å²) in [5.74, 6) is -2.18. The number of ether oxygens (including phenoxy) is 1. The summed E-state index contributed by atoms with van der Waals surface area (Å²) in [5, 5.41) is 0. The minimum absolute atomic E-state index is 0.219. The number of carbonyl (C=O) groups excluding carboxylic acids is 1. The minimum atomic E-state index is -1.96. The molecule has 0 saturated heterocycles. The average Bonchev–Trinajstić information content (AvgIpc) is 2.60. The summed E-state index contributed by atoms with van der Waals surface area (Å²) in [7, 11) is 0. The van der Waals surface area contributed by atoms with Crippen LogP contribution in [0.15, 0.2) is 12.2 Å². The molecule has 0 aromatic heterocycles. The van der Waals surface area contributed by atoms with Gasteiger partial charge in [0.25, 0.3) is 0 Å². The molecule has 0 bridgehead atoms. The van der Waals surface area contributed by atoms with Gasteiger partial charge in [-0.2, -0.15) is 0 Å². The van der Waals surface area contributed by atoms with Crippen molar-refractivity contribution in [2.75, 3.05) is 31.3 Å². The number of hydrogen-bond acceptors (Lipinski definition) is 2. The normalized spacial score (nSPS) is 13.6. The Balaban J connectivity index is 3.83. The fourth-order valence-corrected chi connectivity index (χ4v) is 12.0. The van der Waals surface area contributed by atoms with Gasteiger partial charge in [0, 0.05) is 6.08 Å². The second-order valence-corrected chi connectivity index (χ2v) is 16.5. The van der Waals surface area contributed by atoms with Crippen LogP contribution in [0, 0.1) is 0 Å². The van der Waals surface area contributed by atoms with Crippen molar-refractivity contribution in [3.63, 3.8) is 0 Å². The third kappa shape index (κ3) is 12.9. The first kappa shape index (κ1) is 26.9. The number of hydrogen-bond donors (Lipinski definition) is 0. The molecular weight excluding hydrogens is 375 g/mol. The van der Waals surface area contributed by atoms with E-state index in [1.54, 1.807) is 6.08 Å². The Kier molecular flexibility index (Phi) is 15.8. The number of allylic oxidation sites excluding steroid dienone is 1. The van der Waals surface area contributed by atoms with Crippen molar-refractivity contribution < 1.29 is 9.53 Å². The standard InChI is InChI=1S/C23H46ClO2P/c1-5-17-23(25)26-18-15-13-11-9-10-12-14-16-22-27(24,19-6-2,20-7-3)21-8-4/h5,17H,6-16,18-22H2,1-4H3. The van der Waals surface area contributed by atoms with Gasteiger partial charge in [0.15, 0.2) is 0 Å². The van der Waals surface area contributed by atoms with Crippen LogP contribution in [0.3, 0.4) is 0 Å². The maximum atomic E-state index is 11.2. The molecule has 0 atom stereocenters. The van der Waals surface area contributed by atoms with Gasteiger partial charge in [-0.15, -0.1) is 0 Å². The molecule has 27 heavy (non-hydrogen) atoms. The molecule has 0 saturated carbocycles. The van der Waals surface area contributed by atoms with Crippen molar-refractivity contribution in [1.29, 1.82) is 0 Å². The van der Waals surface area contributed by atoms with Crippen LogP contribution in [-0.2, 0) is 9.53 Å². The Labute approximate surface area is 174 Å². The third-order valence-corrected chi connectivity index (χ3v) is 13.7. The molecular formula is C23H46ClO2P. The van der Waals surface area contributed by atoms with Gasteiger partial charge in [-0.3, -0.25) is 0 Å². The topological polar surface area (TPSA) is 26.3 Å². The first-order valence-corrected chi connectivity index (χ1v) is 15.3. The Morgan fingerprint density at radius 1 is 0.778 bits per heavy atom. The van der Waals surface area contributed by atoms with Gasteiger partial charge in [0.2, 0.25) is 0 Å². The van der Waals surface area contributed by atoms with Gasteiger partial charge in [0.1, 0.15) is 0 Å². The second kappa shape index (κ2) is 15.8. The van der Waals surface area contributed by atoms with E-state index in [-0.39, 0.29) is 5.97 Å². The third-order valence-electron chi connectivity index (χ3n) is 5.51. The van der Waals surface area contributed by atoms with Crippen LogP contribution in [0.2, 0.25) is 0 Å². The molecule has 0 unspecified atom stereocenters. The molecule has 0 fully saturated rings. The molecule has 162 valence electrons. The molecule has 0 aliphatic heterocycles. The Bertz CT molecular complexity index is 389. The van der Waals surface area contributed by atoms with E-state index >= 15 is 0 Å². The number of unbranched alkanes of at least 4 members (excludes halogenated alkanes) is 7. The zero-order chi connectivity index (χ0) is 20.5. The Morgan fingerprint density at radius 2 is 1.22 bits per heavy atom. The predicted octanol–water partition coefficient (Wildman–Crippen LogP) is 8.16. The summed E-state index contributed by atoms with van der Waals surface area (Å²) in [6, 6.07) is 0. The van der Waals surface area contributed by atoms with E-state index < -0.39 is 5.96 Å². The molecule has 0 aliphatic rings. The van der Waals surface area contributed by atoms with E-state index in [2.05, 4.69) is 20.8 Å². The molecule has 2 nitrogen and oxygen atoms in total. The summed E-state index contributed by atoms with van der Waals surface area (Å²) in [6.07, 6.45) is 22.1. The first-order valence-electron chi connectivity index (χ1n) is 11.5. The van der Waals surface area contributed by atoms with Gasteiger partial charge in [-0.05, 0) is 6.92 Å². The number of carbonyl (C=O) groups is 1. The summed E-state index contributed by atoms with van der Waals surface area (Å²) in [4.78, 5) is 11.2. The SMILES string of the molecule is CC=CC(=O)OCCCCCCCCCCP(Cl)(CCC)(CCC)CCC. The van der Waals surface area contributed by atoms with Crippen LogP contribution in [0.25, 0.3) is 0 Å². The number of halogens is 1. The molecule has 0 N–H and O–H groups in total. The molecule has 0 aromatic rings. The van der Waals surface area contributed by atoms with Gasteiger partial charge < -0.3 is 0 Å². The zero-order valence-electron chi connectivity index (χ0n) is 18.6. The van der Waals surface area contributed by atoms with Crippen molar-refractivity contribution in [2.45, 2.75) is 98.3 Å². The van der Waals surface area contributed by atoms with Gasteiger partial charge in [-0.1, -0.05) is 6.08 Å². The van der Waals surface area contributed by atoms with Gasteiger partial charge >= 0.3 is 151 Å². The van der Waals surface area contributed by atoms with Crippen molar-refractivity contribution in [1.82, 2.24) is 0 Å². The van der Waals surface area contributed by atoms with Crippen molar-refractivity contribution in [3.8, 4) is 0 Å². The van der Waals surface area contributed by atoms with Crippen LogP contribution >= 0.6 is 17.2 Å². The van der Waals surface area contributed by atoms with Crippen molar-refractivity contribution >= 4 is 23.2 Å². The Morgan fingerprint density at radius 3 is 1.67 bits per heavy atom. The zero-order valence-corrected chi connectivity index (χ0v) is 20.3. The van der Waals surface area contributed by atoms with E-state index in [1.165, 1.54) is 88.5 Å². The fourth-order valence-electron chi connectivity index (χ4n) is 4.37. The van der Waals surface area contributed by atoms with Crippen LogP contribution in [0.1, 0.15) is 98.3 Å². The second-order valence-electron chi connectivity index (χ2n) is 8.21. The van der Waals surface area contributed by atoms with Crippen molar-refractivity contribution in [3.05, 3.63) is 12.2 Å². The number of esters is 1. The van der Waals surface area contributed by atoms with Crippen molar-refractivity contribution in [2.24, 2.45) is 0 Å². The van der Waals surface area contributed by atoms with Crippen LogP contribution in [0.5, 0.6) is 0 Å². The molecule has 0 amide bonds. The molecule has 0 aliphatic carbocycles. The monoisotopic (exact) mass is 420 g/mol.